The lowest BCUT2D eigenvalue weighted by Gasteiger charge is -2.71. The number of ether oxygens (including phenoxy) is 9. The van der Waals surface area contributed by atoms with Crippen molar-refractivity contribution in [3.63, 3.8) is 0 Å². The molecule has 4 heterocycles. The highest BCUT2D eigenvalue weighted by molar-refractivity contribution is 5.90. The predicted octanol–water partition coefficient (Wildman–Crippen LogP) is -1.54. The lowest BCUT2D eigenvalue weighted by Crippen LogP contribution is -2.68. The van der Waals surface area contributed by atoms with Crippen molar-refractivity contribution < 1.29 is 124 Å². The van der Waals surface area contributed by atoms with E-state index < -0.39 is 184 Å². The van der Waals surface area contributed by atoms with Gasteiger partial charge in [0.25, 0.3) is 0 Å². The summed E-state index contributed by atoms with van der Waals surface area (Å²) in [5.41, 5.74) is -1.72. The van der Waals surface area contributed by atoms with E-state index in [9.17, 15) is 76.0 Å². The lowest BCUT2D eigenvalue weighted by molar-refractivity contribution is -0.378. The quantitative estimate of drug-likeness (QED) is 0.0320. The molecule has 8 fully saturated rings. The van der Waals surface area contributed by atoms with Crippen LogP contribution in [0.2, 0.25) is 0 Å². The molecule has 0 aromatic carbocycles. The Balaban J connectivity index is 0.997. The van der Waals surface area contributed by atoms with Gasteiger partial charge in [0.1, 0.15) is 105 Å². The Morgan fingerprint density at radius 2 is 1.22 bits per heavy atom. The zero-order chi connectivity index (χ0) is 59.6. The molecule has 4 saturated carbocycles. The zero-order valence-corrected chi connectivity index (χ0v) is 47.7. The highest BCUT2D eigenvalue weighted by Crippen LogP contribution is 2.76. The van der Waals surface area contributed by atoms with Crippen LogP contribution >= 0.6 is 0 Å². The normalized spacial score (nSPS) is 49.6. The highest BCUT2D eigenvalue weighted by Gasteiger charge is 2.72. The predicted molar refractivity (Wildman–Crippen MR) is 276 cm³/mol. The van der Waals surface area contributed by atoms with Crippen molar-refractivity contribution >= 4 is 11.9 Å². The van der Waals surface area contributed by atoms with Crippen molar-refractivity contribution in [3.05, 3.63) is 11.6 Å². The number of hydrogen-bond acceptors (Lipinski definition) is 24. The molecule has 0 amide bonds. The lowest BCUT2D eigenvalue weighted by atomic mass is 9.35. The standard InChI is InChI=1S/C56H92O25/c1-24(2)10-9-14-56(8,81-50-46(72)42(68)40(66)30(78-50)23-75-48-44(70)37(63)27(59)21-74-48)25-11-16-55(7)36(25)26(58)18-32-53(5)15-13-33(52(3,4)31(53)12-17-54(32,55)6)79-51-47(43(69)38(64)28(20-57)76-51)80-49-45(71)41(67)39(65)29(77-49)22-73-35(62)19-34(60)61/h10,25-33,36-51,57-59,63-72H,9,11-23H2,1-8H3,(H,60,61)/t25?,26?,27-,28-,29-,30-,31?,32?,33?,36?,37+,38-,39-,40-,41+,42+,43+,44-,45-,46-,47-,48+,49+,50+,51+,53+,54-,55?,56+/m1/s1. The van der Waals surface area contributed by atoms with Gasteiger partial charge in [-0.05, 0) is 124 Å². The molecule has 7 unspecified atom stereocenters. The third-order valence-corrected chi connectivity index (χ3v) is 21.0. The van der Waals surface area contributed by atoms with Crippen LogP contribution in [0.15, 0.2) is 11.6 Å². The molecule has 8 rings (SSSR count). The van der Waals surface area contributed by atoms with Gasteiger partial charge in [0.05, 0.1) is 37.6 Å². The summed E-state index contributed by atoms with van der Waals surface area (Å²) in [6.45, 7) is 14.8. The number of rotatable bonds is 18. The first-order chi connectivity index (χ1) is 37.8. The van der Waals surface area contributed by atoms with Crippen molar-refractivity contribution in [3.8, 4) is 0 Å². The van der Waals surface area contributed by atoms with E-state index in [2.05, 4.69) is 40.7 Å². The van der Waals surface area contributed by atoms with Crippen LogP contribution < -0.4 is 0 Å². The fourth-order valence-electron chi connectivity index (χ4n) is 16.3. The summed E-state index contributed by atoms with van der Waals surface area (Å²) in [6.07, 6.45) is -25.5. The van der Waals surface area contributed by atoms with Gasteiger partial charge in [0.2, 0.25) is 0 Å². The van der Waals surface area contributed by atoms with Crippen LogP contribution in [0.1, 0.15) is 120 Å². The molecule has 4 aliphatic carbocycles. The summed E-state index contributed by atoms with van der Waals surface area (Å²) in [5, 5.41) is 152. The molecule has 25 heteroatoms. The Morgan fingerprint density at radius 3 is 1.86 bits per heavy atom. The smallest absolute Gasteiger partial charge is 0.317 e. The summed E-state index contributed by atoms with van der Waals surface area (Å²) >= 11 is 0. The number of carbonyl (C=O) groups is 2. The molecule has 0 aromatic heterocycles. The maximum Gasteiger partial charge on any atom is 0.317 e. The van der Waals surface area contributed by atoms with E-state index in [4.69, 9.17) is 47.7 Å². The maximum atomic E-state index is 12.9. The highest BCUT2D eigenvalue weighted by atomic mass is 16.8. The molecule has 81 heavy (non-hydrogen) atoms. The first-order valence-corrected chi connectivity index (χ1v) is 28.8. The van der Waals surface area contributed by atoms with Crippen molar-refractivity contribution in [2.45, 2.75) is 254 Å². The van der Waals surface area contributed by atoms with Crippen LogP contribution in [-0.2, 0) is 52.2 Å². The molecule has 14 N–H and O–H groups in total. The van der Waals surface area contributed by atoms with E-state index >= 15 is 0 Å². The summed E-state index contributed by atoms with van der Waals surface area (Å²) in [7, 11) is 0. The second-order valence-corrected chi connectivity index (χ2v) is 26.4. The Bertz CT molecular complexity index is 2180. The van der Waals surface area contributed by atoms with Crippen LogP contribution in [0.5, 0.6) is 0 Å². The van der Waals surface area contributed by atoms with E-state index in [1.54, 1.807) is 0 Å². The molecular formula is C56H92O25. The van der Waals surface area contributed by atoms with E-state index in [0.29, 0.717) is 38.5 Å². The maximum absolute atomic E-state index is 12.9. The van der Waals surface area contributed by atoms with Crippen LogP contribution in [-0.4, -0.2) is 244 Å². The van der Waals surface area contributed by atoms with E-state index in [0.717, 1.165) is 24.8 Å². The van der Waals surface area contributed by atoms with E-state index in [-0.39, 0.29) is 41.1 Å². The number of aliphatic hydroxyl groups is 13. The molecule has 29 atom stereocenters. The van der Waals surface area contributed by atoms with Gasteiger partial charge >= 0.3 is 11.9 Å². The average molecular weight is 1170 g/mol. The summed E-state index contributed by atoms with van der Waals surface area (Å²) in [5.74, 6) is -3.18. The molecule has 4 aliphatic heterocycles. The Kier molecular flexibility index (Phi) is 19.9. The fraction of sp³-hybridized carbons (Fsp3) is 0.929. The zero-order valence-electron chi connectivity index (χ0n) is 47.7. The Labute approximate surface area is 472 Å². The van der Waals surface area contributed by atoms with Crippen LogP contribution in [0.3, 0.4) is 0 Å². The van der Waals surface area contributed by atoms with Gasteiger partial charge in [-0.3, -0.25) is 9.59 Å². The summed E-state index contributed by atoms with van der Waals surface area (Å²) in [4.78, 5) is 23.0. The Morgan fingerprint density at radius 1 is 0.630 bits per heavy atom. The molecule has 0 spiro atoms. The van der Waals surface area contributed by atoms with Gasteiger partial charge in [-0.1, -0.05) is 46.3 Å². The molecule has 466 valence electrons. The monoisotopic (exact) mass is 1160 g/mol. The number of aliphatic carboxylic acids is 1. The van der Waals surface area contributed by atoms with Crippen LogP contribution in [0.25, 0.3) is 0 Å². The van der Waals surface area contributed by atoms with Crippen molar-refractivity contribution in [2.75, 3.05) is 26.4 Å². The van der Waals surface area contributed by atoms with Crippen LogP contribution in [0, 0.1) is 45.3 Å². The largest absolute Gasteiger partial charge is 0.481 e. The second-order valence-electron chi connectivity index (χ2n) is 26.4. The molecule has 8 aliphatic rings. The number of allylic oxidation sites excluding steroid dienone is 2. The summed E-state index contributed by atoms with van der Waals surface area (Å²) in [6, 6.07) is 0. The second kappa shape index (κ2) is 24.9. The number of carbonyl (C=O) groups excluding carboxylic acids is 1. The van der Waals surface area contributed by atoms with E-state index in [1.165, 1.54) is 0 Å². The number of carboxylic acids is 1. The molecule has 4 saturated heterocycles. The summed E-state index contributed by atoms with van der Waals surface area (Å²) < 4.78 is 53.9. The number of hydrogen-bond donors (Lipinski definition) is 14. The number of fused-ring (bicyclic) bond motifs is 5. The first kappa shape index (κ1) is 64.8. The molecule has 25 nitrogen and oxygen atoms in total. The third-order valence-electron chi connectivity index (χ3n) is 21.0. The fourth-order valence-corrected chi connectivity index (χ4v) is 16.3. The minimum atomic E-state index is -1.95. The van der Waals surface area contributed by atoms with Gasteiger partial charge in [-0.2, -0.15) is 0 Å². The van der Waals surface area contributed by atoms with Gasteiger partial charge in [0.15, 0.2) is 25.2 Å². The minimum absolute atomic E-state index is 0.00544. The molecule has 0 aromatic rings. The number of aliphatic hydroxyl groups excluding tert-OH is 13. The Hall–Kier alpha value is -2.16. The van der Waals surface area contributed by atoms with Crippen molar-refractivity contribution in [2.24, 2.45) is 45.3 Å². The third kappa shape index (κ3) is 12.2. The molecule has 0 radical (unpaired) electrons. The molecule has 0 bridgehead atoms. The van der Waals surface area contributed by atoms with Crippen molar-refractivity contribution in [1.82, 2.24) is 0 Å². The minimum Gasteiger partial charge on any atom is -0.481 e. The van der Waals surface area contributed by atoms with Crippen molar-refractivity contribution in [1.29, 1.82) is 0 Å². The van der Waals surface area contributed by atoms with Gasteiger partial charge in [-0.25, -0.2) is 0 Å². The topological polar surface area (TPSA) is 400 Å². The average Bonchev–Trinajstić information content (AvgIpc) is 2.94. The number of carboxylic acid groups (broad SMARTS) is 1. The van der Waals surface area contributed by atoms with Gasteiger partial charge < -0.3 is 114 Å². The molecular weight excluding hydrogens is 1070 g/mol. The number of esters is 1. The SMILES string of the molecule is CC(C)=CCC[C@](C)(O[C@@H]1O[C@H](CO[C@@H]2OC[C@@H](O)[C@H](O)[C@H]2O)[C@@H](O)[C@H](O)[C@H]1O)C1CCC2(C)C1C(O)CC1[C@@]3(C)CCC(O[C@@H]4O[C@H](CO)[C@@H](O)[C@H](O)[C@H]4O[C@@H]4O[C@H](COC(=O)CC(=O)O)[C@@H](O)[C@H](O)[C@H]4O)C(C)(C)C3CC[C@]12C. The van der Waals surface area contributed by atoms with Gasteiger partial charge in [-0.15, -0.1) is 0 Å². The first-order valence-electron chi connectivity index (χ1n) is 28.8. The van der Waals surface area contributed by atoms with Gasteiger partial charge in [0, 0.05) is 0 Å². The van der Waals surface area contributed by atoms with E-state index in [1.807, 2.05) is 20.8 Å². The van der Waals surface area contributed by atoms with Crippen LogP contribution in [0.4, 0.5) is 0 Å².